The molecule has 1 atom stereocenters. The van der Waals surface area contributed by atoms with Gasteiger partial charge in [-0.3, -0.25) is 0 Å². The summed E-state index contributed by atoms with van der Waals surface area (Å²) in [5.74, 6) is 0.765. The molecule has 0 bridgehead atoms. The predicted molar refractivity (Wildman–Crippen MR) is 73.1 cm³/mol. The van der Waals surface area contributed by atoms with Gasteiger partial charge in [-0.2, -0.15) is 5.26 Å². The van der Waals surface area contributed by atoms with Gasteiger partial charge in [-0.25, -0.2) is 9.97 Å². The first-order valence-corrected chi connectivity index (χ1v) is 6.64. The van der Waals surface area contributed by atoms with Crippen LogP contribution in [-0.2, 0) is 0 Å². The lowest BCUT2D eigenvalue weighted by atomic mass is 10.0. The summed E-state index contributed by atoms with van der Waals surface area (Å²) in [4.78, 5) is 8.49. The van der Waals surface area contributed by atoms with Crippen molar-refractivity contribution >= 4 is 22.7 Å². The fraction of sp³-hybridized carbons (Fsp3) is 0.308. The molecule has 2 rings (SSSR count). The zero-order valence-corrected chi connectivity index (χ0v) is 10.9. The summed E-state index contributed by atoms with van der Waals surface area (Å²) >= 11 is 1.61. The third-order valence-electron chi connectivity index (χ3n) is 2.62. The van der Waals surface area contributed by atoms with Crippen molar-refractivity contribution in [3.05, 3.63) is 30.6 Å². The van der Waals surface area contributed by atoms with Gasteiger partial charge in [0, 0.05) is 11.1 Å². The Bertz CT molecular complexity index is 584. The van der Waals surface area contributed by atoms with Crippen LogP contribution in [0.25, 0.3) is 10.9 Å². The van der Waals surface area contributed by atoms with Crippen LogP contribution < -0.4 is 5.73 Å². The first kappa shape index (κ1) is 12.8. The molecule has 2 N–H and O–H groups in total. The molecule has 0 radical (unpaired) electrons. The Morgan fingerprint density at radius 2 is 2.17 bits per heavy atom. The molecule has 1 aromatic heterocycles. The van der Waals surface area contributed by atoms with Gasteiger partial charge in [0.2, 0.25) is 0 Å². The average molecular weight is 258 g/mol. The summed E-state index contributed by atoms with van der Waals surface area (Å²) in [5, 5.41) is 10.8. The van der Waals surface area contributed by atoms with Crippen LogP contribution in [0.3, 0.4) is 0 Å². The molecule has 0 aliphatic heterocycles. The highest BCUT2D eigenvalue weighted by molar-refractivity contribution is 7.99. The second-order valence-corrected chi connectivity index (χ2v) is 5.41. The summed E-state index contributed by atoms with van der Waals surface area (Å²) < 4.78 is 0. The molecule has 1 aromatic carbocycles. The van der Waals surface area contributed by atoms with Gasteiger partial charge in [-0.05, 0) is 19.4 Å². The lowest BCUT2D eigenvalue weighted by Gasteiger charge is -2.14. The Labute approximate surface area is 110 Å². The number of nitrogens with zero attached hydrogens (tertiary/aromatic N) is 3. The summed E-state index contributed by atoms with van der Waals surface area (Å²) in [6, 6.07) is 9.99. The SMILES string of the molecule is CC(N)(C#N)CCSc1ncnc2ccccc12. The fourth-order valence-electron chi connectivity index (χ4n) is 1.51. The van der Waals surface area contributed by atoms with Gasteiger partial charge in [0.05, 0.1) is 11.6 Å². The molecule has 2 aromatic rings. The Morgan fingerprint density at radius 3 is 2.94 bits per heavy atom. The van der Waals surface area contributed by atoms with E-state index in [1.807, 2.05) is 24.3 Å². The van der Waals surface area contributed by atoms with E-state index in [0.717, 1.165) is 21.7 Å². The van der Waals surface area contributed by atoms with E-state index < -0.39 is 5.54 Å². The highest BCUT2D eigenvalue weighted by Crippen LogP contribution is 2.25. The third kappa shape index (κ3) is 2.97. The maximum atomic E-state index is 8.85. The Morgan fingerprint density at radius 1 is 1.39 bits per heavy atom. The Kier molecular flexibility index (Phi) is 3.80. The van der Waals surface area contributed by atoms with E-state index in [0.29, 0.717) is 6.42 Å². The molecule has 0 aliphatic rings. The lowest BCUT2D eigenvalue weighted by molar-refractivity contribution is 0.583. The maximum absolute atomic E-state index is 8.85. The van der Waals surface area contributed by atoms with Crippen molar-refractivity contribution in [3.8, 4) is 6.07 Å². The van der Waals surface area contributed by atoms with E-state index in [-0.39, 0.29) is 0 Å². The molecular formula is C13H14N4S. The van der Waals surface area contributed by atoms with E-state index in [1.54, 1.807) is 25.0 Å². The van der Waals surface area contributed by atoms with E-state index >= 15 is 0 Å². The number of benzene rings is 1. The standard InChI is InChI=1S/C13H14N4S/c1-13(15,8-14)6-7-18-12-10-4-2-3-5-11(10)16-9-17-12/h2-5,9H,6-7,15H2,1H3. The van der Waals surface area contributed by atoms with Gasteiger partial charge >= 0.3 is 0 Å². The smallest absolute Gasteiger partial charge is 0.117 e. The van der Waals surface area contributed by atoms with Crippen LogP contribution in [0, 0.1) is 11.3 Å². The topological polar surface area (TPSA) is 75.6 Å². The number of para-hydroxylation sites is 1. The highest BCUT2D eigenvalue weighted by atomic mass is 32.2. The van der Waals surface area contributed by atoms with Crippen LogP contribution in [0.15, 0.2) is 35.6 Å². The quantitative estimate of drug-likeness (QED) is 0.673. The first-order chi connectivity index (χ1) is 8.62. The van der Waals surface area contributed by atoms with Crippen molar-refractivity contribution in [1.29, 1.82) is 5.26 Å². The van der Waals surface area contributed by atoms with Crippen molar-refractivity contribution in [2.75, 3.05) is 5.75 Å². The minimum absolute atomic E-state index is 0.631. The molecule has 0 fully saturated rings. The maximum Gasteiger partial charge on any atom is 0.117 e. The zero-order chi connectivity index (χ0) is 13.0. The van der Waals surface area contributed by atoms with Crippen LogP contribution in [0.5, 0.6) is 0 Å². The number of hydrogen-bond acceptors (Lipinski definition) is 5. The molecular weight excluding hydrogens is 244 g/mol. The number of nitriles is 1. The van der Waals surface area contributed by atoms with Crippen molar-refractivity contribution in [2.45, 2.75) is 23.9 Å². The van der Waals surface area contributed by atoms with Gasteiger partial charge in [-0.15, -0.1) is 11.8 Å². The minimum Gasteiger partial charge on any atom is -0.314 e. The van der Waals surface area contributed by atoms with Gasteiger partial charge in [0.1, 0.15) is 16.9 Å². The number of rotatable bonds is 4. The fourth-order valence-corrected chi connectivity index (χ4v) is 2.68. The summed E-state index contributed by atoms with van der Waals surface area (Å²) in [5.41, 5.74) is 5.95. The third-order valence-corrected chi connectivity index (χ3v) is 3.63. The molecule has 0 saturated heterocycles. The van der Waals surface area contributed by atoms with Crippen molar-refractivity contribution < 1.29 is 0 Å². The van der Waals surface area contributed by atoms with Gasteiger partial charge in [0.15, 0.2) is 0 Å². The molecule has 1 unspecified atom stereocenters. The second kappa shape index (κ2) is 5.34. The van der Waals surface area contributed by atoms with Crippen LogP contribution in [0.2, 0.25) is 0 Å². The first-order valence-electron chi connectivity index (χ1n) is 5.65. The van der Waals surface area contributed by atoms with Crippen LogP contribution in [0.4, 0.5) is 0 Å². The number of thioether (sulfide) groups is 1. The summed E-state index contributed by atoms with van der Waals surface area (Å²) in [6.45, 7) is 1.74. The Hall–Kier alpha value is -1.64. The lowest BCUT2D eigenvalue weighted by Crippen LogP contribution is -2.34. The number of aromatic nitrogens is 2. The molecule has 18 heavy (non-hydrogen) atoms. The second-order valence-electron chi connectivity index (χ2n) is 4.32. The molecule has 0 spiro atoms. The average Bonchev–Trinajstić information content (AvgIpc) is 2.39. The van der Waals surface area contributed by atoms with Crippen LogP contribution in [0.1, 0.15) is 13.3 Å². The predicted octanol–water partition coefficient (Wildman–Crippen LogP) is 2.35. The Balaban J connectivity index is 2.11. The van der Waals surface area contributed by atoms with Crippen molar-refractivity contribution in [2.24, 2.45) is 5.73 Å². The molecule has 0 aliphatic carbocycles. The van der Waals surface area contributed by atoms with E-state index in [2.05, 4.69) is 16.0 Å². The van der Waals surface area contributed by atoms with E-state index in [9.17, 15) is 0 Å². The van der Waals surface area contributed by atoms with E-state index in [4.69, 9.17) is 11.0 Å². The number of hydrogen-bond donors (Lipinski definition) is 1. The molecule has 0 amide bonds. The largest absolute Gasteiger partial charge is 0.314 e. The van der Waals surface area contributed by atoms with Crippen LogP contribution in [-0.4, -0.2) is 21.3 Å². The van der Waals surface area contributed by atoms with Gasteiger partial charge in [-0.1, -0.05) is 18.2 Å². The van der Waals surface area contributed by atoms with Crippen LogP contribution >= 0.6 is 11.8 Å². The zero-order valence-electron chi connectivity index (χ0n) is 10.1. The normalized spacial score (nSPS) is 14.1. The molecule has 1 heterocycles. The van der Waals surface area contributed by atoms with Gasteiger partial charge in [0.25, 0.3) is 0 Å². The van der Waals surface area contributed by atoms with Crippen molar-refractivity contribution in [3.63, 3.8) is 0 Å². The summed E-state index contributed by atoms with van der Waals surface area (Å²) in [6.07, 6.45) is 2.20. The molecule has 4 nitrogen and oxygen atoms in total. The number of nitrogens with two attached hydrogens (primary N) is 1. The number of fused-ring (bicyclic) bond motifs is 1. The van der Waals surface area contributed by atoms with Gasteiger partial charge < -0.3 is 5.73 Å². The van der Waals surface area contributed by atoms with E-state index in [1.165, 1.54) is 0 Å². The summed E-state index contributed by atoms with van der Waals surface area (Å²) in [7, 11) is 0. The molecule has 92 valence electrons. The molecule has 5 heteroatoms. The monoisotopic (exact) mass is 258 g/mol. The van der Waals surface area contributed by atoms with Crippen molar-refractivity contribution in [1.82, 2.24) is 9.97 Å². The molecule has 0 saturated carbocycles. The minimum atomic E-state index is -0.768. The highest BCUT2D eigenvalue weighted by Gasteiger charge is 2.17.